The van der Waals surface area contributed by atoms with Gasteiger partial charge in [0, 0.05) is 23.5 Å². The van der Waals surface area contributed by atoms with E-state index >= 15 is 0 Å². The van der Waals surface area contributed by atoms with Gasteiger partial charge >= 0.3 is 0 Å². The van der Waals surface area contributed by atoms with E-state index in [0.29, 0.717) is 5.92 Å². The highest BCUT2D eigenvalue weighted by Crippen LogP contribution is 2.39. The van der Waals surface area contributed by atoms with E-state index in [9.17, 15) is 0 Å². The lowest BCUT2D eigenvalue weighted by atomic mass is 9.86. The molecule has 3 rings (SSSR count). The van der Waals surface area contributed by atoms with E-state index in [4.69, 9.17) is 9.72 Å². The first-order valence-electron chi connectivity index (χ1n) is 7.76. The summed E-state index contributed by atoms with van der Waals surface area (Å²) in [7, 11) is 0. The Morgan fingerprint density at radius 2 is 2.10 bits per heavy atom. The third kappa shape index (κ3) is 3.19. The van der Waals surface area contributed by atoms with Crippen molar-refractivity contribution < 1.29 is 4.74 Å². The second-order valence-electron chi connectivity index (χ2n) is 6.28. The zero-order valence-corrected chi connectivity index (χ0v) is 13.9. The molecule has 0 spiro atoms. The zero-order chi connectivity index (χ0) is 14.9. The van der Waals surface area contributed by atoms with Crippen LogP contribution in [0.25, 0.3) is 11.3 Å². The monoisotopic (exact) mass is 301 g/mol. The maximum atomic E-state index is 5.95. The van der Waals surface area contributed by atoms with Gasteiger partial charge in [-0.2, -0.15) is 0 Å². The molecule has 112 valence electrons. The second kappa shape index (κ2) is 5.90. The summed E-state index contributed by atoms with van der Waals surface area (Å²) in [5, 5.41) is 3.47. The molecule has 21 heavy (non-hydrogen) atoms. The molecule has 2 nitrogen and oxygen atoms in total. The smallest absolute Gasteiger partial charge is 0.0965 e. The normalized spacial score (nSPS) is 26.0. The minimum atomic E-state index is 0.0264. The maximum Gasteiger partial charge on any atom is 0.0965 e. The lowest BCUT2D eigenvalue weighted by Crippen LogP contribution is -2.35. The number of benzene rings is 1. The van der Waals surface area contributed by atoms with Crippen LogP contribution in [0.1, 0.15) is 49.6 Å². The quantitative estimate of drug-likeness (QED) is 0.779. The Bertz CT molecular complexity index is 604. The Balaban J connectivity index is 1.80. The summed E-state index contributed by atoms with van der Waals surface area (Å²) in [6.07, 6.45) is 3.25. The molecule has 1 aliphatic rings. The molecule has 1 aromatic carbocycles. The van der Waals surface area contributed by atoms with Gasteiger partial charge in [-0.25, -0.2) is 4.98 Å². The molecule has 0 radical (unpaired) electrons. The molecule has 1 aliphatic heterocycles. The number of rotatable bonds is 3. The molecule has 0 aliphatic carbocycles. The van der Waals surface area contributed by atoms with Crippen molar-refractivity contribution in [3.05, 3.63) is 40.2 Å². The highest BCUT2D eigenvalue weighted by molar-refractivity contribution is 7.10. The highest BCUT2D eigenvalue weighted by atomic mass is 32.1. The van der Waals surface area contributed by atoms with Crippen LogP contribution in [0.5, 0.6) is 0 Å². The van der Waals surface area contributed by atoms with Crippen molar-refractivity contribution in [3.8, 4) is 11.3 Å². The molecule has 2 unspecified atom stereocenters. The molecular weight excluding hydrogens is 278 g/mol. The Morgan fingerprint density at radius 1 is 1.33 bits per heavy atom. The van der Waals surface area contributed by atoms with Gasteiger partial charge in [-0.1, -0.05) is 36.8 Å². The highest BCUT2D eigenvalue weighted by Gasteiger charge is 2.33. The van der Waals surface area contributed by atoms with Crippen molar-refractivity contribution >= 4 is 11.3 Å². The molecule has 3 heteroatoms. The van der Waals surface area contributed by atoms with Crippen LogP contribution < -0.4 is 0 Å². The van der Waals surface area contributed by atoms with Crippen molar-refractivity contribution in [3.63, 3.8) is 0 Å². The van der Waals surface area contributed by atoms with Crippen molar-refractivity contribution in [2.45, 2.75) is 51.6 Å². The number of aryl methyl sites for hydroxylation is 1. The number of hydrogen-bond donors (Lipinski definition) is 0. The van der Waals surface area contributed by atoms with Gasteiger partial charge in [0.05, 0.1) is 16.3 Å². The minimum absolute atomic E-state index is 0.0264. The van der Waals surface area contributed by atoms with Gasteiger partial charge < -0.3 is 4.74 Å². The second-order valence-corrected chi connectivity index (χ2v) is 7.17. The number of hydrogen-bond acceptors (Lipinski definition) is 3. The third-order valence-electron chi connectivity index (χ3n) is 4.56. The summed E-state index contributed by atoms with van der Waals surface area (Å²) in [5.74, 6) is 0.549. The average molecular weight is 301 g/mol. The number of aromatic nitrogens is 1. The van der Waals surface area contributed by atoms with Crippen LogP contribution in [0, 0.1) is 6.92 Å². The first-order chi connectivity index (χ1) is 10.1. The fourth-order valence-corrected chi connectivity index (χ4v) is 3.88. The summed E-state index contributed by atoms with van der Waals surface area (Å²) in [6.45, 7) is 7.41. The van der Waals surface area contributed by atoms with Gasteiger partial charge in [0.2, 0.25) is 0 Å². The molecule has 2 atom stereocenters. The van der Waals surface area contributed by atoms with Crippen LogP contribution in [-0.4, -0.2) is 17.2 Å². The van der Waals surface area contributed by atoms with Crippen molar-refractivity contribution in [2.75, 3.05) is 6.61 Å². The number of ether oxygens (including phenoxy) is 1. The molecule has 1 saturated heterocycles. The van der Waals surface area contributed by atoms with E-state index in [1.54, 1.807) is 11.3 Å². The summed E-state index contributed by atoms with van der Waals surface area (Å²) in [5.41, 5.74) is 3.64. The predicted octanol–water partition coefficient (Wildman–Crippen LogP) is 5.18. The van der Waals surface area contributed by atoms with E-state index < -0.39 is 0 Å². The largest absolute Gasteiger partial charge is 0.375 e. The molecule has 0 N–H and O–H groups in total. The number of thiazole rings is 1. The molecule has 1 fully saturated rings. The SMILES string of the molecule is CCC1(C)CC(c2nc(-c3ccc(C)cc3)cs2)CCO1. The van der Waals surface area contributed by atoms with Gasteiger partial charge in [0.25, 0.3) is 0 Å². The van der Waals surface area contributed by atoms with E-state index in [0.717, 1.165) is 31.6 Å². The molecule has 2 heterocycles. The van der Waals surface area contributed by atoms with Crippen LogP contribution in [0.3, 0.4) is 0 Å². The van der Waals surface area contributed by atoms with Gasteiger partial charge in [-0.3, -0.25) is 0 Å². The first-order valence-corrected chi connectivity index (χ1v) is 8.64. The Kier molecular flexibility index (Phi) is 4.14. The summed E-state index contributed by atoms with van der Waals surface area (Å²) in [4.78, 5) is 4.90. The molecule has 0 saturated carbocycles. The van der Waals surface area contributed by atoms with Gasteiger partial charge in [-0.15, -0.1) is 11.3 Å². The molecular formula is C18H23NOS. The molecule has 0 amide bonds. The third-order valence-corrected chi connectivity index (χ3v) is 5.57. The lowest BCUT2D eigenvalue weighted by molar-refractivity contribution is -0.0746. The fraction of sp³-hybridized carbons (Fsp3) is 0.500. The van der Waals surface area contributed by atoms with Crippen LogP contribution in [0.4, 0.5) is 0 Å². The van der Waals surface area contributed by atoms with Crippen LogP contribution in [-0.2, 0) is 4.74 Å². The minimum Gasteiger partial charge on any atom is -0.375 e. The zero-order valence-electron chi connectivity index (χ0n) is 13.1. The van der Waals surface area contributed by atoms with E-state index in [2.05, 4.69) is 50.4 Å². The predicted molar refractivity (Wildman–Crippen MR) is 88.9 cm³/mol. The molecule has 1 aromatic heterocycles. The van der Waals surface area contributed by atoms with Gasteiger partial charge in [0.1, 0.15) is 0 Å². The Labute approximate surface area is 131 Å². The molecule has 2 aromatic rings. The standard InChI is InChI=1S/C18H23NOS/c1-4-18(3)11-15(9-10-20-18)17-19-16(12-21-17)14-7-5-13(2)6-8-14/h5-8,12,15H,4,9-11H2,1-3H3. The lowest BCUT2D eigenvalue weighted by Gasteiger charge is -2.37. The van der Waals surface area contributed by atoms with Gasteiger partial charge in [0.15, 0.2) is 0 Å². The maximum absolute atomic E-state index is 5.95. The Hall–Kier alpha value is -1.19. The first kappa shape index (κ1) is 14.7. The average Bonchev–Trinajstić information content (AvgIpc) is 2.98. The number of nitrogens with zero attached hydrogens (tertiary/aromatic N) is 1. The van der Waals surface area contributed by atoms with E-state index in [1.807, 2.05) is 0 Å². The summed E-state index contributed by atoms with van der Waals surface area (Å²) >= 11 is 1.80. The van der Waals surface area contributed by atoms with Crippen LogP contribution >= 0.6 is 11.3 Å². The molecule has 0 bridgehead atoms. The Morgan fingerprint density at radius 3 is 2.81 bits per heavy atom. The van der Waals surface area contributed by atoms with Crippen LogP contribution in [0.2, 0.25) is 0 Å². The van der Waals surface area contributed by atoms with Gasteiger partial charge in [-0.05, 0) is 33.1 Å². The summed E-state index contributed by atoms with van der Waals surface area (Å²) in [6, 6.07) is 8.62. The van der Waals surface area contributed by atoms with Crippen LogP contribution in [0.15, 0.2) is 29.6 Å². The van der Waals surface area contributed by atoms with E-state index in [-0.39, 0.29) is 5.60 Å². The summed E-state index contributed by atoms with van der Waals surface area (Å²) < 4.78 is 5.95. The van der Waals surface area contributed by atoms with Crippen molar-refractivity contribution in [2.24, 2.45) is 0 Å². The fourth-order valence-electron chi connectivity index (χ4n) is 2.92. The van der Waals surface area contributed by atoms with Crippen molar-refractivity contribution in [1.82, 2.24) is 4.98 Å². The topological polar surface area (TPSA) is 22.1 Å². The van der Waals surface area contributed by atoms with E-state index in [1.165, 1.54) is 16.1 Å². The van der Waals surface area contributed by atoms with Crippen molar-refractivity contribution in [1.29, 1.82) is 0 Å².